The van der Waals surface area contributed by atoms with Crippen LogP contribution in [0.15, 0.2) is 35.4 Å². The van der Waals surface area contributed by atoms with E-state index in [0.29, 0.717) is 6.54 Å². The fourth-order valence-electron chi connectivity index (χ4n) is 1.86. The van der Waals surface area contributed by atoms with E-state index in [2.05, 4.69) is 15.0 Å². The average molecular weight is 311 g/mol. The predicted molar refractivity (Wildman–Crippen MR) is 80.1 cm³/mol. The smallest absolute Gasteiger partial charge is 0.263 e. The maximum Gasteiger partial charge on any atom is 0.263 e. The van der Waals surface area contributed by atoms with E-state index in [9.17, 15) is 12.8 Å². The number of rotatable bonds is 6. The molecule has 0 unspecified atom stereocenters. The number of hydrogen-bond acceptors (Lipinski definition) is 3. The number of hydrogen-bond donors (Lipinski definition) is 3. The van der Waals surface area contributed by atoms with Crippen molar-refractivity contribution in [3.05, 3.63) is 47.5 Å². The number of aromatic nitrogens is 1. The zero-order chi connectivity index (χ0) is 15.5. The van der Waals surface area contributed by atoms with Gasteiger partial charge in [0.2, 0.25) is 0 Å². The van der Waals surface area contributed by atoms with Crippen molar-refractivity contribution in [2.45, 2.75) is 25.3 Å². The molecule has 0 amide bonds. The molecule has 0 atom stereocenters. The maximum atomic E-state index is 13.6. The van der Waals surface area contributed by atoms with Gasteiger partial charge in [-0.15, -0.1) is 0 Å². The Morgan fingerprint density at radius 2 is 2.05 bits per heavy atom. The highest BCUT2D eigenvalue weighted by Gasteiger charge is 2.18. The second-order valence-electron chi connectivity index (χ2n) is 4.73. The van der Waals surface area contributed by atoms with Crippen LogP contribution < -0.4 is 10.0 Å². The molecule has 1 aromatic carbocycles. The molecule has 0 radical (unpaired) electrons. The minimum atomic E-state index is -3.81. The van der Waals surface area contributed by atoms with Gasteiger partial charge in [0.1, 0.15) is 10.7 Å². The van der Waals surface area contributed by atoms with Crippen molar-refractivity contribution in [1.29, 1.82) is 0 Å². The van der Waals surface area contributed by atoms with Crippen LogP contribution >= 0.6 is 0 Å². The van der Waals surface area contributed by atoms with Crippen molar-refractivity contribution >= 4 is 15.7 Å². The van der Waals surface area contributed by atoms with Gasteiger partial charge in [0, 0.05) is 18.4 Å². The van der Waals surface area contributed by atoms with Crippen LogP contribution in [0.2, 0.25) is 0 Å². The van der Waals surface area contributed by atoms with Crippen molar-refractivity contribution in [3.63, 3.8) is 0 Å². The van der Waals surface area contributed by atoms with Gasteiger partial charge in [-0.05, 0) is 37.2 Å². The molecule has 7 heteroatoms. The van der Waals surface area contributed by atoms with Crippen molar-refractivity contribution in [2.24, 2.45) is 0 Å². The second-order valence-corrected chi connectivity index (χ2v) is 6.41. The molecule has 1 aromatic heterocycles. The zero-order valence-corrected chi connectivity index (χ0v) is 12.7. The van der Waals surface area contributed by atoms with E-state index < -0.39 is 15.8 Å². The van der Waals surface area contributed by atoms with Crippen molar-refractivity contribution in [3.8, 4) is 0 Å². The summed E-state index contributed by atoms with van der Waals surface area (Å²) in [4.78, 5) is 2.96. The molecule has 2 rings (SSSR count). The predicted octanol–water partition coefficient (Wildman–Crippen LogP) is 2.37. The molecular weight excluding hydrogens is 293 g/mol. The summed E-state index contributed by atoms with van der Waals surface area (Å²) in [6.07, 6.45) is 1.39. The first kappa shape index (κ1) is 15.5. The van der Waals surface area contributed by atoms with E-state index in [1.165, 1.54) is 24.4 Å². The lowest BCUT2D eigenvalue weighted by Crippen LogP contribution is -2.14. The second kappa shape index (κ2) is 6.28. The van der Waals surface area contributed by atoms with E-state index in [4.69, 9.17) is 0 Å². The molecule has 3 N–H and O–H groups in total. The van der Waals surface area contributed by atoms with Gasteiger partial charge in [0.25, 0.3) is 10.0 Å². The Hall–Kier alpha value is -1.86. The van der Waals surface area contributed by atoms with Crippen molar-refractivity contribution in [1.82, 2.24) is 10.3 Å². The zero-order valence-electron chi connectivity index (χ0n) is 11.9. The number of nitrogens with one attached hydrogen (secondary N) is 3. The standard InChI is InChI=1S/C14H18FN3O2S/c1-3-16-8-11-7-12(9-17-11)21(19,20)18-14-6-10(2)4-5-13(14)15/h4-7,9,16-18H,3,8H2,1-2H3. The van der Waals surface area contributed by atoms with Crippen LogP contribution in [0.1, 0.15) is 18.2 Å². The Bertz CT molecular complexity index is 726. The molecule has 2 aromatic rings. The molecule has 0 saturated heterocycles. The van der Waals surface area contributed by atoms with E-state index in [1.54, 1.807) is 13.0 Å². The highest BCUT2D eigenvalue weighted by atomic mass is 32.2. The molecule has 1 heterocycles. The summed E-state index contributed by atoms with van der Waals surface area (Å²) >= 11 is 0. The van der Waals surface area contributed by atoms with Gasteiger partial charge in [0.15, 0.2) is 0 Å². The summed E-state index contributed by atoms with van der Waals surface area (Å²) in [6, 6.07) is 5.80. The van der Waals surface area contributed by atoms with E-state index in [0.717, 1.165) is 17.8 Å². The lowest BCUT2D eigenvalue weighted by molar-refractivity contribution is 0.598. The third kappa shape index (κ3) is 3.83. The van der Waals surface area contributed by atoms with Gasteiger partial charge >= 0.3 is 0 Å². The molecule has 5 nitrogen and oxygen atoms in total. The van der Waals surface area contributed by atoms with Gasteiger partial charge in [-0.3, -0.25) is 4.72 Å². The summed E-state index contributed by atoms with van der Waals surface area (Å²) < 4.78 is 40.4. The van der Waals surface area contributed by atoms with Crippen LogP contribution in [-0.4, -0.2) is 19.9 Å². The Kier molecular flexibility index (Phi) is 4.64. The first-order valence-electron chi connectivity index (χ1n) is 6.59. The van der Waals surface area contributed by atoms with Crippen LogP contribution in [0.25, 0.3) is 0 Å². The van der Waals surface area contributed by atoms with Gasteiger partial charge in [-0.2, -0.15) is 0 Å². The molecule has 114 valence electrons. The maximum absolute atomic E-state index is 13.6. The monoisotopic (exact) mass is 311 g/mol. The highest BCUT2D eigenvalue weighted by molar-refractivity contribution is 7.92. The average Bonchev–Trinajstić information content (AvgIpc) is 2.90. The van der Waals surface area contributed by atoms with Gasteiger partial charge < -0.3 is 10.3 Å². The Balaban J connectivity index is 2.22. The van der Waals surface area contributed by atoms with E-state index in [1.807, 2.05) is 6.92 Å². The summed E-state index contributed by atoms with van der Waals surface area (Å²) in [6.45, 7) is 5.06. The quantitative estimate of drug-likeness (QED) is 0.767. The lowest BCUT2D eigenvalue weighted by Gasteiger charge is -2.08. The molecule has 0 spiro atoms. The molecule has 0 aliphatic heterocycles. The number of anilines is 1. The largest absolute Gasteiger partial charge is 0.363 e. The summed E-state index contributed by atoms with van der Waals surface area (Å²) in [7, 11) is -3.81. The SMILES string of the molecule is CCNCc1cc(S(=O)(=O)Nc2cc(C)ccc2F)c[nH]1. The summed E-state index contributed by atoms with van der Waals surface area (Å²) in [5.74, 6) is -0.604. The first-order chi connectivity index (χ1) is 9.92. The van der Waals surface area contributed by atoms with Crippen molar-refractivity contribution in [2.75, 3.05) is 11.3 Å². The lowest BCUT2D eigenvalue weighted by atomic mass is 10.2. The topological polar surface area (TPSA) is 74.0 Å². The van der Waals surface area contributed by atoms with E-state index >= 15 is 0 Å². The fourth-order valence-corrected chi connectivity index (χ4v) is 2.93. The van der Waals surface area contributed by atoms with Crippen LogP contribution in [0, 0.1) is 12.7 Å². The molecule has 0 fully saturated rings. The fraction of sp³-hybridized carbons (Fsp3) is 0.286. The number of aromatic amines is 1. The molecule has 0 aliphatic rings. The minimum Gasteiger partial charge on any atom is -0.363 e. The van der Waals surface area contributed by atoms with Crippen LogP contribution in [0.3, 0.4) is 0 Å². The molecule has 0 saturated carbocycles. The molecule has 21 heavy (non-hydrogen) atoms. The number of H-pyrrole nitrogens is 1. The van der Waals surface area contributed by atoms with Crippen LogP contribution in [0.4, 0.5) is 10.1 Å². The molecular formula is C14H18FN3O2S. The van der Waals surface area contributed by atoms with Gasteiger partial charge in [-0.25, -0.2) is 12.8 Å². The third-order valence-corrected chi connectivity index (χ3v) is 4.30. The number of halogens is 1. The summed E-state index contributed by atoms with van der Waals surface area (Å²) in [5.41, 5.74) is 1.47. The van der Waals surface area contributed by atoms with E-state index in [-0.39, 0.29) is 10.6 Å². The van der Waals surface area contributed by atoms with Crippen molar-refractivity contribution < 1.29 is 12.8 Å². The van der Waals surface area contributed by atoms with Crippen LogP contribution in [0.5, 0.6) is 0 Å². The van der Waals surface area contributed by atoms with Gasteiger partial charge in [0.05, 0.1) is 5.69 Å². The highest BCUT2D eigenvalue weighted by Crippen LogP contribution is 2.20. The Morgan fingerprint density at radius 1 is 1.29 bits per heavy atom. The molecule has 0 aliphatic carbocycles. The Morgan fingerprint density at radius 3 is 2.76 bits per heavy atom. The summed E-state index contributed by atoms with van der Waals surface area (Å²) in [5, 5.41) is 3.09. The number of benzene rings is 1. The van der Waals surface area contributed by atoms with Gasteiger partial charge in [-0.1, -0.05) is 13.0 Å². The number of sulfonamides is 1. The third-order valence-electron chi connectivity index (χ3n) is 2.96. The molecule has 0 bridgehead atoms. The Labute approximate surface area is 123 Å². The minimum absolute atomic E-state index is 0.0515. The number of aryl methyl sites for hydroxylation is 1. The normalized spacial score (nSPS) is 11.6. The first-order valence-corrected chi connectivity index (χ1v) is 8.07. The van der Waals surface area contributed by atoms with Crippen LogP contribution in [-0.2, 0) is 16.6 Å².